The van der Waals surface area contributed by atoms with E-state index in [1.54, 1.807) is 7.11 Å². The van der Waals surface area contributed by atoms with Crippen LogP contribution in [-0.4, -0.2) is 16.7 Å². The average Bonchev–Trinajstić information content (AvgIpc) is 2.80. The second kappa shape index (κ2) is 6.95. The highest BCUT2D eigenvalue weighted by molar-refractivity contribution is 5.77. The van der Waals surface area contributed by atoms with Crippen molar-refractivity contribution in [2.24, 2.45) is 0 Å². The first-order chi connectivity index (χ1) is 9.80. The van der Waals surface area contributed by atoms with Gasteiger partial charge in [-0.25, -0.2) is 4.98 Å². The summed E-state index contributed by atoms with van der Waals surface area (Å²) in [5.41, 5.74) is 2.00. The average molecular weight is 271 g/mol. The molecule has 2 aromatic rings. The number of hydrogen-bond donors (Lipinski definition) is 0. The number of ether oxygens (including phenoxy) is 1. The van der Waals surface area contributed by atoms with Crippen molar-refractivity contribution in [2.45, 2.75) is 45.6 Å². The fraction of sp³-hybridized carbons (Fsp3) is 0.500. The Labute approximate surface area is 120 Å². The first-order valence-corrected chi connectivity index (χ1v) is 7.20. The van der Waals surface area contributed by atoms with Gasteiger partial charge in [0.2, 0.25) is 0 Å². The molecule has 0 N–H and O–H groups in total. The van der Waals surface area contributed by atoms with Gasteiger partial charge in [0.1, 0.15) is 11.6 Å². The van der Waals surface area contributed by atoms with Crippen LogP contribution in [0.15, 0.2) is 18.2 Å². The lowest BCUT2D eigenvalue weighted by atomic mass is 10.2. The second-order valence-corrected chi connectivity index (χ2v) is 4.93. The number of imidazole rings is 1. The van der Waals surface area contributed by atoms with Crippen LogP contribution in [0.5, 0.6) is 5.75 Å². The summed E-state index contributed by atoms with van der Waals surface area (Å²) in [6, 6.07) is 8.11. The third kappa shape index (κ3) is 3.11. The Morgan fingerprint density at radius 3 is 2.85 bits per heavy atom. The van der Waals surface area contributed by atoms with Gasteiger partial charge in [-0.1, -0.05) is 26.2 Å². The molecule has 0 radical (unpaired) electrons. The maximum atomic E-state index is 8.95. The van der Waals surface area contributed by atoms with Gasteiger partial charge in [0.15, 0.2) is 0 Å². The van der Waals surface area contributed by atoms with Crippen LogP contribution in [0.25, 0.3) is 11.0 Å². The number of methoxy groups -OCH3 is 1. The summed E-state index contributed by atoms with van der Waals surface area (Å²) >= 11 is 0. The molecule has 1 aromatic carbocycles. The van der Waals surface area contributed by atoms with Gasteiger partial charge in [-0.05, 0) is 18.6 Å². The lowest BCUT2D eigenvalue weighted by molar-refractivity contribution is 0.415. The predicted molar refractivity (Wildman–Crippen MR) is 79.7 cm³/mol. The van der Waals surface area contributed by atoms with E-state index >= 15 is 0 Å². The van der Waals surface area contributed by atoms with Crippen molar-refractivity contribution in [1.82, 2.24) is 9.55 Å². The van der Waals surface area contributed by atoms with Crippen molar-refractivity contribution in [3.8, 4) is 11.8 Å². The number of nitriles is 1. The number of aryl methyl sites for hydroxylation is 1. The minimum atomic E-state index is 0.352. The summed E-state index contributed by atoms with van der Waals surface area (Å²) in [6.07, 6.45) is 5.19. The zero-order valence-electron chi connectivity index (χ0n) is 12.2. The Bertz CT molecular complexity index is 610. The number of fused-ring (bicyclic) bond motifs is 1. The van der Waals surface area contributed by atoms with Crippen molar-refractivity contribution in [1.29, 1.82) is 5.26 Å². The summed E-state index contributed by atoms with van der Waals surface area (Å²) < 4.78 is 7.40. The van der Waals surface area contributed by atoms with Gasteiger partial charge in [-0.15, -0.1) is 0 Å². The zero-order chi connectivity index (χ0) is 14.4. The molecule has 0 saturated carbocycles. The van der Waals surface area contributed by atoms with Crippen molar-refractivity contribution >= 4 is 11.0 Å². The molecule has 4 nitrogen and oxygen atoms in total. The van der Waals surface area contributed by atoms with E-state index in [1.807, 2.05) is 18.2 Å². The van der Waals surface area contributed by atoms with E-state index in [0.29, 0.717) is 6.42 Å². The van der Waals surface area contributed by atoms with Crippen LogP contribution >= 0.6 is 0 Å². The SMILES string of the molecule is CCCCCCn1c(CC#N)nc2cc(OC)ccc21. The predicted octanol–water partition coefficient (Wildman–Crippen LogP) is 3.69. The molecule has 2 rings (SSSR count). The largest absolute Gasteiger partial charge is 0.497 e. The molecule has 0 amide bonds. The number of hydrogen-bond acceptors (Lipinski definition) is 3. The van der Waals surface area contributed by atoms with Gasteiger partial charge < -0.3 is 9.30 Å². The topological polar surface area (TPSA) is 50.8 Å². The number of aromatic nitrogens is 2. The van der Waals surface area contributed by atoms with E-state index in [9.17, 15) is 0 Å². The van der Waals surface area contributed by atoms with E-state index in [1.165, 1.54) is 19.3 Å². The Morgan fingerprint density at radius 2 is 2.15 bits per heavy atom. The molecule has 4 heteroatoms. The lowest BCUT2D eigenvalue weighted by Crippen LogP contribution is -2.03. The molecule has 0 atom stereocenters. The van der Waals surface area contributed by atoms with Crippen LogP contribution in [0.4, 0.5) is 0 Å². The van der Waals surface area contributed by atoms with Crippen molar-refractivity contribution in [3.05, 3.63) is 24.0 Å². The molecule has 1 aromatic heterocycles. The van der Waals surface area contributed by atoms with Gasteiger partial charge in [0.05, 0.1) is 30.6 Å². The van der Waals surface area contributed by atoms with Gasteiger partial charge in [-0.2, -0.15) is 5.26 Å². The number of benzene rings is 1. The minimum Gasteiger partial charge on any atom is -0.497 e. The standard InChI is InChI=1S/C16H21N3O/c1-3-4-5-6-11-19-15-8-7-13(20-2)12-14(15)18-16(19)9-10-17/h7-8,12H,3-6,9,11H2,1-2H3. The van der Waals surface area contributed by atoms with Crippen LogP contribution in [0, 0.1) is 11.3 Å². The highest BCUT2D eigenvalue weighted by atomic mass is 16.5. The van der Waals surface area contributed by atoms with Crippen LogP contribution in [0.2, 0.25) is 0 Å². The van der Waals surface area contributed by atoms with E-state index in [-0.39, 0.29) is 0 Å². The molecule has 20 heavy (non-hydrogen) atoms. The van der Waals surface area contributed by atoms with E-state index in [4.69, 9.17) is 10.00 Å². The van der Waals surface area contributed by atoms with E-state index in [2.05, 4.69) is 22.5 Å². The molecule has 1 heterocycles. The van der Waals surface area contributed by atoms with Crippen molar-refractivity contribution in [2.75, 3.05) is 7.11 Å². The first-order valence-electron chi connectivity index (χ1n) is 7.20. The molecule has 106 valence electrons. The molecule has 0 spiro atoms. The molecule has 0 bridgehead atoms. The second-order valence-electron chi connectivity index (χ2n) is 4.93. The van der Waals surface area contributed by atoms with Crippen LogP contribution in [0.1, 0.15) is 38.4 Å². The Balaban J connectivity index is 2.28. The summed E-state index contributed by atoms with van der Waals surface area (Å²) in [6.45, 7) is 3.14. The van der Waals surface area contributed by atoms with Gasteiger partial charge >= 0.3 is 0 Å². The third-order valence-corrected chi connectivity index (χ3v) is 3.51. The molecule has 0 saturated heterocycles. The van der Waals surface area contributed by atoms with Crippen LogP contribution in [0.3, 0.4) is 0 Å². The summed E-state index contributed by atoms with van der Waals surface area (Å²) in [4.78, 5) is 4.57. The minimum absolute atomic E-state index is 0.352. The Morgan fingerprint density at radius 1 is 1.30 bits per heavy atom. The normalized spacial score (nSPS) is 10.7. The molecule has 0 fully saturated rings. The maximum absolute atomic E-state index is 8.95. The van der Waals surface area contributed by atoms with Crippen LogP contribution in [-0.2, 0) is 13.0 Å². The fourth-order valence-electron chi connectivity index (χ4n) is 2.44. The smallest absolute Gasteiger partial charge is 0.124 e. The number of unbranched alkanes of at least 4 members (excludes halogenated alkanes) is 3. The molecule has 0 aliphatic heterocycles. The number of rotatable bonds is 7. The van der Waals surface area contributed by atoms with E-state index < -0.39 is 0 Å². The molecular formula is C16H21N3O. The molecular weight excluding hydrogens is 250 g/mol. The summed E-state index contributed by atoms with van der Waals surface area (Å²) in [7, 11) is 1.65. The maximum Gasteiger partial charge on any atom is 0.124 e. The highest BCUT2D eigenvalue weighted by Crippen LogP contribution is 2.22. The lowest BCUT2D eigenvalue weighted by Gasteiger charge is -2.07. The quantitative estimate of drug-likeness (QED) is 0.722. The van der Waals surface area contributed by atoms with Gasteiger partial charge in [0, 0.05) is 12.6 Å². The monoisotopic (exact) mass is 271 g/mol. The third-order valence-electron chi connectivity index (χ3n) is 3.51. The molecule has 0 aliphatic rings. The molecule has 0 aliphatic carbocycles. The Kier molecular flexibility index (Phi) is 5.00. The van der Waals surface area contributed by atoms with Crippen molar-refractivity contribution in [3.63, 3.8) is 0 Å². The van der Waals surface area contributed by atoms with Gasteiger partial charge in [-0.3, -0.25) is 0 Å². The van der Waals surface area contributed by atoms with E-state index in [0.717, 1.165) is 35.6 Å². The van der Waals surface area contributed by atoms with Gasteiger partial charge in [0.25, 0.3) is 0 Å². The number of nitrogens with zero attached hydrogens (tertiary/aromatic N) is 3. The van der Waals surface area contributed by atoms with Crippen molar-refractivity contribution < 1.29 is 4.74 Å². The molecule has 0 unspecified atom stereocenters. The highest BCUT2D eigenvalue weighted by Gasteiger charge is 2.10. The fourth-order valence-corrected chi connectivity index (χ4v) is 2.44. The Hall–Kier alpha value is -2.02. The zero-order valence-corrected chi connectivity index (χ0v) is 12.2. The van der Waals surface area contributed by atoms with Crippen LogP contribution < -0.4 is 4.74 Å². The summed E-state index contributed by atoms with van der Waals surface area (Å²) in [5, 5.41) is 8.95. The summed E-state index contributed by atoms with van der Waals surface area (Å²) in [5.74, 6) is 1.66. The first kappa shape index (κ1) is 14.4.